The van der Waals surface area contributed by atoms with Crippen LogP contribution in [0.4, 0.5) is 0 Å². The number of halogens is 1. The fourth-order valence-electron chi connectivity index (χ4n) is 3.78. The molecule has 27 heavy (non-hydrogen) atoms. The first kappa shape index (κ1) is 17.0. The van der Waals surface area contributed by atoms with Crippen molar-refractivity contribution in [2.45, 2.75) is 32.0 Å². The van der Waals surface area contributed by atoms with Gasteiger partial charge in [0.15, 0.2) is 0 Å². The van der Waals surface area contributed by atoms with Crippen molar-refractivity contribution < 1.29 is 4.74 Å². The average Bonchev–Trinajstić information content (AvgIpc) is 3.38. The Balaban J connectivity index is 1.57. The quantitative estimate of drug-likeness (QED) is 0.478. The molecule has 0 aliphatic carbocycles. The van der Waals surface area contributed by atoms with Crippen molar-refractivity contribution in [3.8, 4) is 5.75 Å². The number of benzene rings is 2. The van der Waals surface area contributed by atoms with Gasteiger partial charge in [-0.25, -0.2) is 5.01 Å². The first-order valence-corrected chi connectivity index (χ1v) is 10.8. The van der Waals surface area contributed by atoms with Crippen LogP contribution in [0.15, 0.2) is 69.6 Å². The number of fused-ring (bicyclic) bond motifs is 3. The summed E-state index contributed by atoms with van der Waals surface area (Å²) in [5.74, 6) is 0.954. The minimum Gasteiger partial charge on any atom is -0.464 e. The van der Waals surface area contributed by atoms with Crippen molar-refractivity contribution in [2.75, 3.05) is 0 Å². The summed E-state index contributed by atoms with van der Waals surface area (Å²) < 4.78 is 7.44. The molecule has 1 aromatic heterocycles. The van der Waals surface area contributed by atoms with E-state index in [0.29, 0.717) is 0 Å². The van der Waals surface area contributed by atoms with Crippen LogP contribution in [0.2, 0.25) is 0 Å². The molecule has 3 aromatic rings. The molecule has 0 radical (unpaired) electrons. The van der Waals surface area contributed by atoms with Crippen LogP contribution in [-0.2, 0) is 6.42 Å². The molecule has 0 bridgehead atoms. The van der Waals surface area contributed by atoms with Gasteiger partial charge in [0.25, 0.3) is 0 Å². The van der Waals surface area contributed by atoms with Gasteiger partial charge in [0.1, 0.15) is 5.75 Å². The van der Waals surface area contributed by atoms with Gasteiger partial charge in [-0.15, -0.1) is 11.3 Å². The summed E-state index contributed by atoms with van der Waals surface area (Å²) in [6, 6.07) is 19.4. The summed E-state index contributed by atoms with van der Waals surface area (Å²) in [4.78, 5) is 1.18. The molecule has 0 N–H and O–H groups in total. The zero-order chi connectivity index (χ0) is 18.4. The van der Waals surface area contributed by atoms with Crippen LogP contribution in [0.25, 0.3) is 0 Å². The molecule has 0 spiro atoms. The Kier molecular flexibility index (Phi) is 4.29. The van der Waals surface area contributed by atoms with Gasteiger partial charge in [-0.3, -0.25) is 0 Å². The van der Waals surface area contributed by atoms with Crippen LogP contribution >= 0.6 is 27.3 Å². The van der Waals surface area contributed by atoms with Gasteiger partial charge >= 0.3 is 0 Å². The monoisotopic (exact) mass is 438 g/mol. The van der Waals surface area contributed by atoms with Crippen LogP contribution in [0.5, 0.6) is 5.75 Å². The van der Waals surface area contributed by atoms with E-state index in [1.807, 2.05) is 6.07 Å². The predicted octanol–water partition coefficient (Wildman–Crippen LogP) is 6.32. The van der Waals surface area contributed by atoms with Gasteiger partial charge in [-0.1, -0.05) is 53.2 Å². The van der Waals surface area contributed by atoms with Gasteiger partial charge in [0, 0.05) is 16.5 Å². The molecular weight excluding hydrogens is 420 g/mol. The lowest BCUT2D eigenvalue weighted by molar-refractivity contribution is -0.0166. The van der Waals surface area contributed by atoms with Crippen molar-refractivity contribution in [3.05, 3.63) is 86.0 Å². The normalized spacial score (nSPS) is 20.7. The van der Waals surface area contributed by atoms with Gasteiger partial charge < -0.3 is 4.74 Å². The number of hydrazone groups is 1. The Labute approximate surface area is 171 Å². The molecular formula is C22H19BrN2OS. The Morgan fingerprint density at radius 2 is 2.04 bits per heavy atom. The van der Waals surface area contributed by atoms with E-state index in [4.69, 9.17) is 9.84 Å². The Hall–Kier alpha value is -2.11. The summed E-state index contributed by atoms with van der Waals surface area (Å²) in [5.41, 5.74) is 4.87. The summed E-state index contributed by atoms with van der Waals surface area (Å²) in [6.07, 6.45) is 1.77. The van der Waals surface area contributed by atoms with Gasteiger partial charge in [0.2, 0.25) is 6.23 Å². The van der Waals surface area contributed by atoms with Crippen molar-refractivity contribution in [1.29, 1.82) is 0 Å². The lowest BCUT2D eigenvalue weighted by Crippen LogP contribution is -2.33. The number of ether oxygens (including phenoxy) is 1. The largest absolute Gasteiger partial charge is 0.464 e. The number of nitrogens with zero attached hydrogens (tertiary/aromatic N) is 2. The second-order valence-corrected chi connectivity index (χ2v) is 8.76. The summed E-state index contributed by atoms with van der Waals surface area (Å²) in [6.45, 7) is 2.18. The first-order chi connectivity index (χ1) is 13.2. The van der Waals surface area contributed by atoms with Crippen molar-refractivity contribution in [2.24, 2.45) is 5.10 Å². The summed E-state index contributed by atoms with van der Waals surface area (Å²) in [7, 11) is 0. The fourth-order valence-corrected chi connectivity index (χ4v) is 4.91. The maximum atomic E-state index is 6.37. The molecule has 0 fully saturated rings. The van der Waals surface area contributed by atoms with E-state index in [0.717, 1.165) is 28.8 Å². The van der Waals surface area contributed by atoms with Crippen LogP contribution in [0.1, 0.15) is 47.2 Å². The van der Waals surface area contributed by atoms with Gasteiger partial charge in [-0.05, 0) is 47.2 Å². The SMILES string of the molecule is CCc1ccc(C2=NN3[C@@H](c4cccs4)Oc4ccc(Br)cc4[C@@H]3C2)cc1. The van der Waals surface area contributed by atoms with E-state index < -0.39 is 0 Å². The number of hydrogen-bond acceptors (Lipinski definition) is 4. The van der Waals surface area contributed by atoms with E-state index in [1.54, 1.807) is 11.3 Å². The van der Waals surface area contributed by atoms with E-state index in [2.05, 4.69) is 81.8 Å². The second-order valence-electron chi connectivity index (χ2n) is 6.86. The highest BCUT2D eigenvalue weighted by atomic mass is 79.9. The highest BCUT2D eigenvalue weighted by Gasteiger charge is 2.41. The first-order valence-electron chi connectivity index (χ1n) is 9.17. The van der Waals surface area contributed by atoms with Gasteiger partial charge in [-0.2, -0.15) is 5.10 Å². The third kappa shape index (κ3) is 2.99. The van der Waals surface area contributed by atoms with Gasteiger partial charge in [0.05, 0.1) is 16.6 Å². The minimum absolute atomic E-state index is 0.170. The summed E-state index contributed by atoms with van der Waals surface area (Å²) in [5, 5.41) is 9.25. The number of aryl methyl sites for hydroxylation is 1. The third-order valence-electron chi connectivity index (χ3n) is 5.23. The molecule has 2 aliphatic heterocycles. The lowest BCUT2D eigenvalue weighted by Gasteiger charge is -2.37. The van der Waals surface area contributed by atoms with Crippen LogP contribution in [-0.4, -0.2) is 10.7 Å². The molecule has 2 aromatic carbocycles. The van der Waals surface area contributed by atoms with Crippen LogP contribution in [0.3, 0.4) is 0 Å². The predicted molar refractivity (Wildman–Crippen MR) is 113 cm³/mol. The smallest absolute Gasteiger partial charge is 0.222 e. The highest BCUT2D eigenvalue weighted by molar-refractivity contribution is 9.10. The van der Waals surface area contributed by atoms with Crippen LogP contribution in [0, 0.1) is 0 Å². The van der Waals surface area contributed by atoms with Crippen molar-refractivity contribution in [1.82, 2.24) is 5.01 Å². The van der Waals surface area contributed by atoms with E-state index >= 15 is 0 Å². The number of rotatable bonds is 3. The molecule has 2 atom stereocenters. The molecule has 0 saturated carbocycles. The third-order valence-corrected chi connectivity index (χ3v) is 6.63. The Bertz CT molecular complexity index is 998. The number of hydrogen-bond donors (Lipinski definition) is 0. The molecule has 3 heterocycles. The zero-order valence-electron chi connectivity index (χ0n) is 14.9. The van der Waals surface area contributed by atoms with E-state index in [9.17, 15) is 0 Å². The minimum atomic E-state index is -0.170. The molecule has 5 heteroatoms. The summed E-state index contributed by atoms with van der Waals surface area (Å²) >= 11 is 5.32. The van der Waals surface area contributed by atoms with E-state index in [-0.39, 0.29) is 12.3 Å². The average molecular weight is 439 g/mol. The molecule has 0 unspecified atom stereocenters. The Morgan fingerprint density at radius 3 is 2.78 bits per heavy atom. The number of thiophene rings is 1. The van der Waals surface area contributed by atoms with Crippen LogP contribution < -0.4 is 4.74 Å². The second kappa shape index (κ2) is 6.80. The standard InChI is InChI=1S/C22H19BrN2OS/c1-2-14-5-7-15(8-6-14)18-13-19-17-12-16(23)9-10-20(17)26-22(25(19)24-18)21-4-3-11-27-21/h3-12,19,22H,2,13H2,1H3/t19-,22+/m0/s1. The Morgan fingerprint density at radius 1 is 1.19 bits per heavy atom. The topological polar surface area (TPSA) is 24.8 Å². The molecule has 0 amide bonds. The van der Waals surface area contributed by atoms with E-state index in [1.165, 1.54) is 21.6 Å². The maximum absolute atomic E-state index is 6.37. The molecule has 3 nitrogen and oxygen atoms in total. The van der Waals surface area contributed by atoms with Crippen molar-refractivity contribution >= 4 is 33.0 Å². The fraction of sp³-hybridized carbons (Fsp3) is 0.227. The molecule has 136 valence electrons. The highest BCUT2D eigenvalue weighted by Crippen LogP contribution is 2.48. The molecule has 2 aliphatic rings. The maximum Gasteiger partial charge on any atom is 0.222 e. The van der Waals surface area contributed by atoms with Crippen molar-refractivity contribution in [3.63, 3.8) is 0 Å². The molecule has 5 rings (SSSR count). The zero-order valence-corrected chi connectivity index (χ0v) is 17.3. The molecule has 0 saturated heterocycles. The lowest BCUT2D eigenvalue weighted by atomic mass is 9.96.